The first-order chi connectivity index (χ1) is 25.2. The third kappa shape index (κ3) is 10.4. The molecule has 0 aromatic carbocycles. The van der Waals surface area contributed by atoms with Crippen LogP contribution in [0.3, 0.4) is 0 Å². The number of thioether (sulfide) groups is 1. The lowest BCUT2D eigenvalue weighted by molar-refractivity contribution is -0.213. The van der Waals surface area contributed by atoms with Crippen LogP contribution in [0.5, 0.6) is 0 Å². The summed E-state index contributed by atoms with van der Waals surface area (Å²) in [5.41, 5.74) is 2.10. The SMILES string of the molecule is CC(=O)O[C@@H]1[C@@H](OC(C)=O)[C@H](SCCCCCCO[C@H]2CC[C@@]3(C)C(=CC[C@H]4[C@@H]5CC[C@H]([C@H](C)CCCC(C)C)[C@@]5(C)CC[C@@H]43)C2)OC[C@@H]1OC(C)=O. The summed E-state index contributed by atoms with van der Waals surface area (Å²) >= 11 is 1.54. The Bertz CT molecular complexity index is 1270. The zero-order chi connectivity index (χ0) is 38.3. The van der Waals surface area contributed by atoms with Crippen molar-refractivity contribution in [2.45, 2.75) is 182 Å². The summed E-state index contributed by atoms with van der Waals surface area (Å²) in [5.74, 6) is 4.48. The minimum atomic E-state index is -0.913. The number of rotatable bonds is 17. The third-order valence-electron chi connectivity index (χ3n) is 14.2. The van der Waals surface area contributed by atoms with Crippen LogP contribution in [0.1, 0.15) is 152 Å². The zero-order valence-electron chi connectivity index (χ0n) is 34.3. The van der Waals surface area contributed by atoms with Crippen LogP contribution in [0, 0.1) is 46.3 Å². The highest BCUT2D eigenvalue weighted by molar-refractivity contribution is 7.99. The largest absolute Gasteiger partial charge is 0.456 e. The fraction of sp³-hybridized carbons (Fsp3) is 0.886. The van der Waals surface area contributed by atoms with Gasteiger partial charge in [0, 0.05) is 27.4 Å². The van der Waals surface area contributed by atoms with Crippen molar-refractivity contribution in [3.8, 4) is 0 Å². The van der Waals surface area contributed by atoms with E-state index in [1.54, 1.807) is 17.3 Å². The lowest BCUT2D eigenvalue weighted by Crippen LogP contribution is -2.56. The van der Waals surface area contributed by atoms with Crippen LogP contribution >= 0.6 is 11.8 Å². The zero-order valence-corrected chi connectivity index (χ0v) is 35.1. The Labute approximate surface area is 325 Å². The Hall–Kier alpha value is -1.58. The maximum Gasteiger partial charge on any atom is 0.303 e. The Balaban J connectivity index is 1.02. The predicted octanol–water partition coefficient (Wildman–Crippen LogP) is 9.86. The Morgan fingerprint density at radius 3 is 2.26 bits per heavy atom. The van der Waals surface area contributed by atoms with Crippen LogP contribution < -0.4 is 0 Å². The van der Waals surface area contributed by atoms with Crippen LogP contribution in [0.15, 0.2) is 11.6 Å². The predicted molar refractivity (Wildman–Crippen MR) is 210 cm³/mol. The molecule has 1 saturated heterocycles. The molecule has 9 heteroatoms. The molecule has 0 N–H and O–H groups in total. The van der Waals surface area contributed by atoms with Gasteiger partial charge < -0.3 is 23.7 Å². The number of hydrogen-bond acceptors (Lipinski definition) is 9. The molecule has 0 aromatic heterocycles. The molecular weight excluding hydrogens is 689 g/mol. The third-order valence-corrected chi connectivity index (χ3v) is 15.5. The summed E-state index contributed by atoms with van der Waals surface area (Å²) in [5, 5.41) is 0. The maximum absolute atomic E-state index is 11.9. The minimum Gasteiger partial charge on any atom is -0.456 e. The smallest absolute Gasteiger partial charge is 0.303 e. The van der Waals surface area contributed by atoms with Gasteiger partial charge in [-0.2, -0.15) is 0 Å². The second-order valence-corrected chi connectivity index (χ2v) is 19.5. The highest BCUT2D eigenvalue weighted by Gasteiger charge is 2.59. The van der Waals surface area contributed by atoms with Crippen LogP contribution in [-0.4, -0.2) is 66.7 Å². The highest BCUT2D eigenvalue weighted by Crippen LogP contribution is 2.67. The molecule has 1 aliphatic heterocycles. The first kappa shape index (κ1) is 42.6. The van der Waals surface area contributed by atoms with Crippen LogP contribution in [0.4, 0.5) is 0 Å². The quantitative estimate of drug-likeness (QED) is 0.0621. The lowest BCUT2D eigenvalue weighted by atomic mass is 9.47. The van der Waals surface area contributed by atoms with E-state index < -0.39 is 41.7 Å². The van der Waals surface area contributed by atoms with Gasteiger partial charge in [0.15, 0.2) is 18.3 Å². The Kier molecular flexibility index (Phi) is 15.3. The summed E-state index contributed by atoms with van der Waals surface area (Å²) in [6.07, 6.45) is 19.5. The molecule has 0 spiro atoms. The Morgan fingerprint density at radius 2 is 1.55 bits per heavy atom. The molecule has 8 nitrogen and oxygen atoms in total. The molecule has 0 unspecified atom stereocenters. The van der Waals surface area contributed by atoms with Crippen molar-refractivity contribution in [1.29, 1.82) is 0 Å². The van der Waals surface area contributed by atoms with E-state index in [2.05, 4.69) is 40.7 Å². The number of esters is 3. The summed E-state index contributed by atoms with van der Waals surface area (Å²) in [6.45, 7) is 17.4. The van der Waals surface area contributed by atoms with Gasteiger partial charge in [-0.15, -0.1) is 11.8 Å². The summed E-state index contributed by atoms with van der Waals surface area (Å²) in [4.78, 5) is 35.4. The molecule has 5 aliphatic rings. The molecule has 0 radical (unpaired) electrons. The number of ether oxygens (including phenoxy) is 5. The molecule has 4 aliphatic carbocycles. The molecule has 4 fully saturated rings. The maximum atomic E-state index is 11.9. The average molecular weight is 761 g/mol. The summed E-state index contributed by atoms with van der Waals surface area (Å²) in [6, 6.07) is 0. The van der Waals surface area contributed by atoms with E-state index in [1.165, 1.54) is 85.0 Å². The fourth-order valence-electron chi connectivity index (χ4n) is 11.7. The van der Waals surface area contributed by atoms with Gasteiger partial charge in [-0.1, -0.05) is 78.4 Å². The van der Waals surface area contributed by atoms with Gasteiger partial charge in [-0.3, -0.25) is 14.4 Å². The van der Waals surface area contributed by atoms with E-state index in [0.29, 0.717) is 16.9 Å². The van der Waals surface area contributed by atoms with E-state index >= 15 is 0 Å². The molecule has 3 saturated carbocycles. The number of allylic oxidation sites excluding steroid dienone is 1. The van der Waals surface area contributed by atoms with Crippen LogP contribution in [0.2, 0.25) is 0 Å². The van der Waals surface area contributed by atoms with E-state index in [4.69, 9.17) is 23.7 Å². The molecule has 1 heterocycles. The molecule has 12 atom stereocenters. The van der Waals surface area contributed by atoms with E-state index in [9.17, 15) is 14.4 Å². The molecule has 0 amide bonds. The first-order valence-electron chi connectivity index (χ1n) is 21.3. The van der Waals surface area contributed by atoms with E-state index in [1.807, 2.05) is 0 Å². The van der Waals surface area contributed by atoms with Crippen molar-refractivity contribution in [3.05, 3.63) is 11.6 Å². The van der Waals surface area contributed by atoms with Gasteiger partial charge >= 0.3 is 17.9 Å². The minimum absolute atomic E-state index is 0.0707. The van der Waals surface area contributed by atoms with Crippen LogP contribution in [-0.2, 0) is 38.1 Å². The van der Waals surface area contributed by atoms with Crippen molar-refractivity contribution in [1.82, 2.24) is 0 Å². The van der Waals surface area contributed by atoms with E-state index in [-0.39, 0.29) is 6.61 Å². The molecule has 53 heavy (non-hydrogen) atoms. The highest BCUT2D eigenvalue weighted by atomic mass is 32.2. The van der Waals surface area contributed by atoms with Gasteiger partial charge in [0.25, 0.3) is 0 Å². The number of unbranched alkanes of at least 4 members (excludes halogenated alkanes) is 3. The normalized spacial score (nSPS) is 37.2. The first-order valence-corrected chi connectivity index (χ1v) is 22.3. The van der Waals surface area contributed by atoms with Crippen molar-refractivity contribution < 1.29 is 38.1 Å². The molecule has 302 valence electrons. The molecule has 5 rings (SSSR count). The van der Waals surface area contributed by atoms with Gasteiger partial charge in [0.05, 0.1) is 12.7 Å². The summed E-state index contributed by atoms with van der Waals surface area (Å²) in [7, 11) is 0. The number of carbonyl (C=O) groups excluding carboxylic acids is 3. The van der Waals surface area contributed by atoms with E-state index in [0.717, 1.165) is 80.0 Å². The second kappa shape index (κ2) is 19.0. The number of fused-ring (bicyclic) bond motifs is 5. The van der Waals surface area contributed by atoms with Crippen molar-refractivity contribution in [2.24, 2.45) is 46.3 Å². The van der Waals surface area contributed by atoms with Crippen molar-refractivity contribution in [3.63, 3.8) is 0 Å². The molecule has 0 aromatic rings. The standard InChI is InChI=1S/C44H72O8S/c1-28(2)14-13-15-29(3)36-18-19-37-35-17-16-33-26-34(20-22-43(33,7)38(35)21-23-44(36,37)8)48-24-11-9-10-12-25-53-42-41(52-32(6)47)40(51-31(5)46)39(27-49-42)50-30(4)45/h16,28-29,34-42H,9-15,17-27H2,1-8H3/t29-,34+,35+,36-,37+,38+,39+,40+,41-,42+,43+,44-/m1/s1. The van der Waals surface area contributed by atoms with Crippen molar-refractivity contribution >= 4 is 29.7 Å². The van der Waals surface area contributed by atoms with Gasteiger partial charge in [0.2, 0.25) is 0 Å². The topological polar surface area (TPSA) is 97.4 Å². The van der Waals surface area contributed by atoms with Crippen molar-refractivity contribution in [2.75, 3.05) is 19.0 Å². The Morgan fingerprint density at radius 1 is 0.830 bits per heavy atom. The molecule has 0 bridgehead atoms. The van der Waals surface area contributed by atoms with Gasteiger partial charge in [-0.25, -0.2) is 0 Å². The van der Waals surface area contributed by atoms with Gasteiger partial charge in [0.1, 0.15) is 5.44 Å². The average Bonchev–Trinajstić information content (AvgIpc) is 3.44. The van der Waals surface area contributed by atoms with Gasteiger partial charge in [-0.05, 0) is 116 Å². The summed E-state index contributed by atoms with van der Waals surface area (Å²) < 4.78 is 28.8. The lowest BCUT2D eigenvalue weighted by Gasteiger charge is -2.58. The number of hydrogen-bond donors (Lipinski definition) is 0. The molecular formula is C44H72O8S. The second-order valence-electron chi connectivity index (χ2n) is 18.3. The number of carbonyl (C=O) groups is 3. The monoisotopic (exact) mass is 760 g/mol. The fourth-order valence-corrected chi connectivity index (χ4v) is 12.8. The van der Waals surface area contributed by atoms with Crippen LogP contribution in [0.25, 0.3) is 0 Å².